The van der Waals surface area contributed by atoms with Gasteiger partial charge in [-0.1, -0.05) is 42.5 Å². The van der Waals surface area contributed by atoms with Gasteiger partial charge in [-0.2, -0.15) is 0 Å². The minimum absolute atomic E-state index is 0.415. The third kappa shape index (κ3) is 3.67. The minimum Gasteiger partial charge on any atom is -0.411 e. The molecule has 0 fully saturated rings. The third-order valence-electron chi connectivity index (χ3n) is 2.71. The Kier molecular flexibility index (Phi) is 5.39. The van der Waals surface area contributed by atoms with Gasteiger partial charge in [-0.25, -0.2) is 0 Å². The van der Waals surface area contributed by atoms with E-state index in [4.69, 9.17) is 9.16 Å². The molecule has 2 radical (unpaired) electrons. The molecule has 0 aliphatic heterocycles. The monoisotopic (exact) mass is 258 g/mol. The van der Waals surface area contributed by atoms with Crippen molar-refractivity contribution in [2.45, 2.75) is 13.3 Å². The molecule has 0 spiro atoms. The molecule has 0 saturated carbocycles. The normalized spacial score (nSPS) is 10.9. The molecule has 0 atom stereocenters. The lowest BCUT2D eigenvalue weighted by atomic mass is 10.1. The third-order valence-corrected chi connectivity index (χ3v) is 3.72. The van der Waals surface area contributed by atoms with Gasteiger partial charge in [-0.15, -0.1) is 0 Å². The Morgan fingerprint density at radius 1 is 1.00 bits per heavy atom. The zero-order valence-electron chi connectivity index (χ0n) is 10.7. The number of fused-ring (bicyclic) bond motifs is 1. The van der Waals surface area contributed by atoms with E-state index >= 15 is 0 Å². The average molecular weight is 258 g/mol. The Bertz CT molecular complexity index is 479. The first-order valence-corrected chi connectivity index (χ1v) is 7.26. The molecule has 2 nitrogen and oxygen atoms in total. The van der Waals surface area contributed by atoms with Crippen molar-refractivity contribution in [2.24, 2.45) is 0 Å². The van der Waals surface area contributed by atoms with E-state index in [0.29, 0.717) is 9.76 Å². The lowest BCUT2D eigenvalue weighted by molar-refractivity contribution is 0.132. The lowest BCUT2D eigenvalue weighted by Crippen LogP contribution is -2.19. The number of benzene rings is 2. The molecule has 0 N–H and O–H groups in total. The molecule has 94 valence electrons. The van der Waals surface area contributed by atoms with Crippen molar-refractivity contribution in [3.63, 3.8) is 0 Å². The first-order chi connectivity index (χ1) is 8.92. The standard InChI is InChI=1S/C15H18O2Si/c1-2-16-11-6-12-17-18-15-10-5-8-13-7-3-4-9-14(13)15/h3-5,7-10H,2,6,11-12H2,1H3. The second kappa shape index (κ2) is 7.31. The van der Waals surface area contributed by atoms with Crippen LogP contribution in [0.15, 0.2) is 42.5 Å². The molecule has 0 bridgehead atoms. The zero-order chi connectivity index (χ0) is 12.6. The van der Waals surface area contributed by atoms with Gasteiger partial charge in [0.2, 0.25) is 0 Å². The zero-order valence-corrected chi connectivity index (χ0v) is 11.7. The average Bonchev–Trinajstić information content (AvgIpc) is 2.43. The number of ether oxygens (including phenoxy) is 1. The van der Waals surface area contributed by atoms with Crippen molar-refractivity contribution >= 4 is 25.7 Å². The summed E-state index contributed by atoms with van der Waals surface area (Å²) in [6.45, 7) is 4.35. The second-order valence-corrected chi connectivity index (χ2v) is 5.06. The molecule has 2 aromatic carbocycles. The maximum Gasteiger partial charge on any atom is 0.269 e. The van der Waals surface area contributed by atoms with E-state index in [-0.39, 0.29) is 0 Å². The fourth-order valence-corrected chi connectivity index (χ4v) is 2.72. The predicted molar refractivity (Wildman–Crippen MR) is 76.4 cm³/mol. The maximum atomic E-state index is 5.72. The van der Waals surface area contributed by atoms with Crippen LogP contribution in [0.5, 0.6) is 0 Å². The molecule has 0 aromatic heterocycles. The topological polar surface area (TPSA) is 18.5 Å². The van der Waals surface area contributed by atoms with Gasteiger partial charge in [-0.05, 0) is 29.3 Å². The summed E-state index contributed by atoms with van der Waals surface area (Å²) >= 11 is 0. The molecule has 2 aromatic rings. The Balaban J connectivity index is 1.88. The van der Waals surface area contributed by atoms with Crippen LogP contribution < -0.4 is 5.19 Å². The van der Waals surface area contributed by atoms with Crippen LogP contribution in [0, 0.1) is 0 Å². The number of hydrogen-bond acceptors (Lipinski definition) is 2. The van der Waals surface area contributed by atoms with Crippen molar-refractivity contribution < 1.29 is 9.16 Å². The Morgan fingerprint density at radius 3 is 2.72 bits per heavy atom. The maximum absolute atomic E-state index is 5.72. The van der Waals surface area contributed by atoms with E-state index in [9.17, 15) is 0 Å². The van der Waals surface area contributed by atoms with E-state index in [1.807, 2.05) is 6.92 Å². The van der Waals surface area contributed by atoms with Gasteiger partial charge in [0.15, 0.2) is 0 Å². The van der Waals surface area contributed by atoms with Crippen LogP contribution in [0.1, 0.15) is 13.3 Å². The number of hydrogen-bond donors (Lipinski definition) is 0. The summed E-state index contributed by atoms with van der Waals surface area (Å²) in [4.78, 5) is 0. The van der Waals surface area contributed by atoms with Crippen molar-refractivity contribution in [2.75, 3.05) is 19.8 Å². The predicted octanol–water partition coefficient (Wildman–Crippen LogP) is 2.53. The van der Waals surface area contributed by atoms with E-state index in [2.05, 4.69) is 42.5 Å². The van der Waals surface area contributed by atoms with Crippen LogP contribution in [0.4, 0.5) is 0 Å². The summed E-state index contributed by atoms with van der Waals surface area (Å²) in [5.41, 5.74) is 0. The second-order valence-electron chi connectivity index (χ2n) is 4.03. The molecule has 3 heteroatoms. The smallest absolute Gasteiger partial charge is 0.269 e. The van der Waals surface area contributed by atoms with Crippen LogP contribution >= 0.6 is 0 Å². The quantitative estimate of drug-likeness (QED) is 0.561. The van der Waals surface area contributed by atoms with Gasteiger partial charge in [0.05, 0.1) is 0 Å². The van der Waals surface area contributed by atoms with Crippen molar-refractivity contribution in [1.29, 1.82) is 0 Å². The van der Waals surface area contributed by atoms with E-state index in [0.717, 1.165) is 26.2 Å². The summed E-state index contributed by atoms with van der Waals surface area (Å²) in [6.07, 6.45) is 0.964. The van der Waals surface area contributed by atoms with E-state index < -0.39 is 0 Å². The van der Waals surface area contributed by atoms with Crippen molar-refractivity contribution in [1.82, 2.24) is 0 Å². The highest BCUT2D eigenvalue weighted by atomic mass is 28.2. The summed E-state index contributed by atoms with van der Waals surface area (Å²) in [5.74, 6) is 0. The van der Waals surface area contributed by atoms with Crippen LogP contribution in [0.2, 0.25) is 0 Å². The molecule has 18 heavy (non-hydrogen) atoms. The van der Waals surface area contributed by atoms with Gasteiger partial charge < -0.3 is 9.16 Å². The molecule has 0 aliphatic carbocycles. The SMILES string of the molecule is CCOCCCO[Si]c1cccc2ccccc12. The first-order valence-electron chi connectivity index (χ1n) is 6.35. The Labute approximate surface area is 111 Å². The molecule has 0 aliphatic rings. The highest BCUT2D eigenvalue weighted by molar-refractivity contribution is 6.51. The summed E-state index contributed by atoms with van der Waals surface area (Å²) in [6, 6.07) is 14.8. The first kappa shape index (κ1) is 13.3. The van der Waals surface area contributed by atoms with E-state index in [1.54, 1.807) is 0 Å². The Hall–Kier alpha value is -1.16. The van der Waals surface area contributed by atoms with Gasteiger partial charge in [0.1, 0.15) is 0 Å². The lowest BCUT2D eigenvalue weighted by Gasteiger charge is -2.06. The highest BCUT2D eigenvalue weighted by Gasteiger charge is 2.02. The highest BCUT2D eigenvalue weighted by Crippen LogP contribution is 2.10. The van der Waals surface area contributed by atoms with Crippen LogP contribution in [0.3, 0.4) is 0 Å². The van der Waals surface area contributed by atoms with Gasteiger partial charge in [-0.3, -0.25) is 0 Å². The van der Waals surface area contributed by atoms with Crippen LogP contribution in [-0.2, 0) is 9.16 Å². The fraction of sp³-hybridized carbons (Fsp3) is 0.333. The van der Waals surface area contributed by atoms with Crippen LogP contribution in [-0.4, -0.2) is 29.6 Å². The van der Waals surface area contributed by atoms with Gasteiger partial charge in [0.25, 0.3) is 9.76 Å². The molecular weight excluding hydrogens is 240 g/mol. The summed E-state index contributed by atoms with van der Waals surface area (Å²) < 4.78 is 11.0. The molecule has 2 rings (SSSR count). The van der Waals surface area contributed by atoms with E-state index in [1.165, 1.54) is 16.0 Å². The Morgan fingerprint density at radius 2 is 1.83 bits per heavy atom. The number of rotatable bonds is 7. The van der Waals surface area contributed by atoms with Crippen molar-refractivity contribution in [3.05, 3.63) is 42.5 Å². The molecule has 0 amide bonds. The molecular formula is C15H18O2Si. The summed E-state index contributed by atoms with van der Waals surface area (Å²) in [5, 5.41) is 3.85. The van der Waals surface area contributed by atoms with Crippen LogP contribution in [0.25, 0.3) is 10.8 Å². The molecule has 0 heterocycles. The summed E-state index contributed by atoms with van der Waals surface area (Å²) in [7, 11) is 0.415. The fourth-order valence-electron chi connectivity index (χ4n) is 1.82. The minimum atomic E-state index is 0.415. The molecule has 0 unspecified atom stereocenters. The van der Waals surface area contributed by atoms with Gasteiger partial charge >= 0.3 is 0 Å². The van der Waals surface area contributed by atoms with Gasteiger partial charge in [0, 0.05) is 19.8 Å². The largest absolute Gasteiger partial charge is 0.411 e. The van der Waals surface area contributed by atoms with Crippen molar-refractivity contribution in [3.8, 4) is 0 Å². The molecule has 0 saturated heterocycles.